The van der Waals surface area contributed by atoms with Crippen molar-refractivity contribution in [3.8, 4) is 0 Å². The van der Waals surface area contributed by atoms with E-state index < -0.39 is 20.0 Å². The van der Waals surface area contributed by atoms with Crippen LogP contribution >= 0.6 is 0 Å². The smallest absolute Gasteiger partial charge is 0.412 e. The summed E-state index contributed by atoms with van der Waals surface area (Å²) in [4.78, 5) is 16.5. The Balaban J connectivity index is 2.07. The Morgan fingerprint density at radius 1 is 1.13 bits per heavy atom. The van der Waals surface area contributed by atoms with Crippen LogP contribution in [0.4, 0.5) is 10.5 Å². The van der Waals surface area contributed by atoms with E-state index in [-0.39, 0.29) is 11.1 Å². The number of rotatable bonds is 6. The van der Waals surface area contributed by atoms with Gasteiger partial charge in [-0.1, -0.05) is 32.9 Å². The van der Waals surface area contributed by atoms with Gasteiger partial charge in [0.15, 0.2) is 8.32 Å². The third-order valence-corrected chi connectivity index (χ3v) is 10.1. The third-order valence-electron chi connectivity index (χ3n) is 5.57. The number of hydrogen-bond donors (Lipinski definition) is 1. The first-order valence-corrected chi connectivity index (χ1v) is 13.4. The monoisotopic (exact) mass is 431 g/mol. The number of anilines is 1. The highest BCUT2D eigenvalue weighted by Crippen LogP contribution is 2.37. The van der Waals surface area contributed by atoms with Crippen molar-refractivity contribution < 1.29 is 14.0 Å². The van der Waals surface area contributed by atoms with E-state index in [2.05, 4.69) is 55.7 Å². The molecule has 30 heavy (non-hydrogen) atoms. The van der Waals surface area contributed by atoms with Gasteiger partial charge in [-0.15, -0.1) is 0 Å². The van der Waals surface area contributed by atoms with Gasteiger partial charge in [0.25, 0.3) is 0 Å². The van der Waals surface area contributed by atoms with Gasteiger partial charge >= 0.3 is 6.09 Å². The Bertz CT molecular complexity index is 846. The maximum atomic E-state index is 11.9. The molecular weight excluding hydrogens is 394 g/mol. The lowest BCUT2D eigenvalue weighted by Gasteiger charge is -2.36. The van der Waals surface area contributed by atoms with Gasteiger partial charge in [0.1, 0.15) is 11.4 Å². The summed E-state index contributed by atoms with van der Waals surface area (Å²) in [5.74, 6) is 0.920. The number of aromatic nitrogens is 2. The Labute approximate surface area is 182 Å². The maximum absolute atomic E-state index is 11.9. The molecule has 2 aromatic rings. The van der Waals surface area contributed by atoms with E-state index >= 15 is 0 Å². The maximum Gasteiger partial charge on any atom is 0.412 e. The fraction of sp³-hybridized carbons (Fsp3) is 0.565. The van der Waals surface area contributed by atoms with E-state index in [1.54, 1.807) is 0 Å². The summed E-state index contributed by atoms with van der Waals surface area (Å²) >= 11 is 0. The van der Waals surface area contributed by atoms with Crippen LogP contribution in [0, 0.1) is 0 Å². The first-order chi connectivity index (χ1) is 13.7. The molecule has 0 saturated carbocycles. The molecule has 0 radical (unpaired) electrons. The number of amides is 1. The second-order valence-corrected chi connectivity index (χ2v) is 15.0. The van der Waals surface area contributed by atoms with Gasteiger partial charge in [-0.2, -0.15) is 0 Å². The zero-order valence-corrected chi connectivity index (χ0v) is 20.9. The van der Waals surface area contributed by atoms with E-state index in [4.69, 9.17) is 9.16 Å². The van der Waals surface area contributed by atoms with Gasteiger partial charge in [-0.25, -0.2) is 9.78 Å². The minimum Gasteiger partial charge on any atom is -0.444 e. The van der Waals surface area contributed by atoms with Crippen LogP contribution in [0.5, 0.6) is 0 Å². The molecule has 0 aliphatic carbocycles. The normalized spacial score (nSPS) is 13.8. The van der Waals surface area contributed by atoms with E-state index in [1.807, 2.05) is 57.4 Å². The lowest BCUT2D eigenvalue weighted by Crippen LogP contribution is -2.40. The SMILES string of the molecule is C[C@@H](c1ccc(NC(=O)OC(C)(C)C)cc1)n1ccnc1CO[Si](C)(C)C(C)(C)C. The molecule has 2 rings (SSSR count). The fourth-order valence-electron chi connectivity index (χ4n) is 2.70. The molecule has 0 unspecified atom stereocenters. The summed E-state index contributed by atoms with van der Waals surface area (Å²) in [6.45, 7) is 19.4. The van der Waals surface area contributed by atoms with Crippen molar-refractivity contribution in [3.63, 3.8) is 0 Å². The lowest BCUT2D eigenvalue weighted by molar-refractivity contribution is 0.0636. The molecule has 0 bridgehead atoms. The van der Waals surface area contributed by atoms with Crippen molar-refractivity contribution in [2.75, 3.05) is 5.32 Å². The van der Waals surface area contributed by atoms with Gasteiger partial charge in [0, 0.05) is 18.1 Å². The molecule has 1 heterocycles. The quantitative estimate of drug-likeness (QED) is 0.540. The molecular formula is C23H37N3O3Si. The number of imidazole rings is 1. The Morgan fingerprint density at radius 2 is 1.73 bits per heavy atom. The predicted octanol–water partition coefficient (Wildman–Crippen LogP) is 6.36. The van der Waals surface area contributed by atoms with Crippen LogP contribution < -0.4 is 5.32 Å². The highest BCUT2D eigenvalue weighted by atomic mass is 28.4. The zero-order valence-electron chi connectivity index (χ0n) is 19.9. The number of benzene rings is 1. The second-order valence-electron chi connectivity index (χ2n) is 10.2. The van der Waals surface area contributed by atoms with Crippen LogP contribution in [0.25, 0.3) is 0 Å². The molecule has 1 aromatic carbocycles. The van der Waals surface area contributed by atoms with Crippen LogP contribution in [-0.4, -0.2) is 29.6 Å². The average Bonchev–Trinajstić information content (AvgIpc) is 3.06. The first-order valence-electron chi connectivity index (χ1n) is 10.5. The van der Waals surface area contributed by atoms with Crippen molar-refractivity contribution in [1.82, 2.24) is 9.55 Å². The van der Waals surface area contributed by atoms with Crippen LogP contribution in [0.15, 0.2) is 36.7 Å². The Kier molecular flexibility index (Phi) is 7.19. The number of hydrogen-bond acceptors (Lipinski definition) is 4. The summed E-state index contributed by atoms with van der Waals surface area (Å²) in [6, 6.07) is 7.89. The predicted molar refractivity (Wildman–Crippen MR) is 124 cm³/mol. The highest BCUT2D eigenvalue weighted by molar-refractivity contribution is 6.74. The van der Waals surface area contributed by atoms with Gasteiger partial charge in [0.2, 0.25) is 0 Å². The van der Waals surface area contributed by atoms with Crippen LogP contribution in [0.2, 0.25) is 18.1 Å². The molecule has 1 atom stereocenters. The fourth-order valence-corrected chi connectivity index (χ4v) is 3.62. The second kappa shape index (κ2) is 8.94. The minimum atomic E-state index is -1.84. The number of ether oxygens (including phenoxy) is 1. The number of nitrogens with one attached hydrogen (secondary N) is 1. The van der Waals surface area contributed by atoms with Crippen molar-refractivity contribution in [2.24, 2.45) is 0 Å². The standard InChI is InChI=1S/C23H37N3O3Si/c1-17(18-10-12-19(13-11-18)25-21(27)29-22(2,3)4)26-15-14-24-20(26)16-28-30(8,9)23(5,6)7/h10-15,17H,16H2,1-9H3,(H,25,27)/t17-/m0/s1. The van der Waals surface area contributed by atoms with Crippen molar-refractivity contribution >= 4 is 20.1 Å². The van der Waals surface area contributed by atoms with Gasteiger partial charge in [-0.3, -0.25) is 5.32 Å². The molecule has 166 valence electrons. The van der Waals surface area contributed by atoms with Gasteiger partial charge < -0.3 is 13.7 Å². The van der Waals surface area contributed by atoms with E-state index in [0.717, 1.165) is 11.4 Å². The number of carbonyl (C=O) groups is 1. The van der Waals surface area contributed by atoms with Crippen molar-refractivity contribution in [2.45, 2.75) is 84.8 Å². The third kappa shape index (κ3) is 6.44. The van der Waals surface area contributed by atoms with Crippen molar-refractivity contribution in [3.05, 3.63) is 48.0 Å². The summed E-state index contributed by atoms with van der Waals surface area (Å²) in [6.07, 6.45) is 3.35. The molecule has 1 amide bonds. The molecule has 7 heteroatoms. The van der Waals surface area contributed by atoms with Crippen LogP contribution in [-0.2, 0) is 15.8 Å². The molecule has 1 N–H and O–H groups in total. The van der Waals surface area contributed by atoms with E-state index in [1.165, 1.54) is 0 Å². The van der Waals surface area contributed by atoms with Gasteiger partial charge in [0.05, 0.1) is 12.6 Å². The molecule has 0 saturated heterocycles. The van der Waals surface area contributed by atoms with Crippen molar-refractivity contribution in [1.29, 1.82) is 0 Å². The van der Waals surface area contributed by atoms with Crippen LogP contribution in [0.1, 0.15) is 65.9 Å². The minimum absolute atomic E-state index is 0.0982. The molecule has 0 fully saturated rings. The molecule has 0 aliphatic rings. The summed E-state index contributed by atoms with van der Waals surface area (Å²) in [5.41, 5.74) is 1.30. The summed E-state index contributed by atoms with van der Waals surface area (Å²) in [7, 11) is -1.84. The van der Waals surface area contributed by atoms with E-state index in [9.17, 15) is 4.79 Å². The summed E-state index contributed by atoms with van der Waals surface area (Å²) < 4.78 is 13.8. The first kappa shape index (κ1) is 24.1. The number of carbonyl (C=O) groups excluding carboxylic acids is 1. The summed E-state index contributed by atoms with van der Waals surface area (Å²) in [5, 5.41) is 2.93. The molecule has 6 nitrogen and oxygen atoms in total. The van der Waals surface area contributed by atoms with E-state index in [0.29, 0.717) is 12.3 Å². The molecule has 0 spiro atoms. The Hall–Kier alpha value is -2.12. The topological polar surface area (TPSA) is 65.4 Å². The molecule has 1 aromatic heterocycles. The average molecular weight is 432 g/mol. The lowest BCUT2D eigenvalue weighted by atomic mass is 10.1. The largest absolute Gasteiger partial charge is 0.444 e. The van der Waals surface area contributed by atoms with Crippen LogP contribution in [0.3, 0.4) is 0 Å². The Morgan fingerprint density at radius 3 is 2.27 bits per heavy atom. The molecule has 0 aliphatic heterocycles. The van der Waals surface area contributed by atoms with Gasteiger partial charge in [-0.05, 0) is 63.5 Å². The zero-order chi connectivity index (χ0) is 22.7. The number of nitrogens with zero attached hydrogens (tertiary/aromatic N) is 2. The highest BCUT2D eigenvalue weighted by Gasteiger charge is 2.37.